The molecule has 27 heavy (non-hydrogen) atoms. The van der Waals surface area contributed by atoms with Gasteiger partial charge in [-0.25, -0.2) is 4.39 Å². The fraction of sp³-hybridized carbons (Fsp3) is 0. The van der Waals surface area contributed by atoms with Crippen LogP contribution in [-0.2, 0) is 0 Å². The Morgan fingerprint density at radius 3 is 2.33 bits per heavy atom. The van der Waals surface area contributed by atoms with E-state index in [1.54, 1.807) is 0 Å². The zero-order valence-corrected chi connectivity index (χ0v) is 13.8. The number of anilines is 1. The molecule has 0 aliphatic rings. The van der Waals surface area contributed by atoms with Gasteiger partial charge < -0.3 is 4.42 Å². The maximum atomic E-state index is 13.2. The van der Waals surface area contributed by atoms with Crippen LogP contribution >= 0.6 is 10.2 Å². The minimum atomic E-state index is -9.93. The van der Waals surface area contributed by atoms with Gasteiger partial charge in [0, 0.05) is 11.1 Å². The molecule has 0 radical (unpaired) electrons. The second-order valence-electron chi connectivity index (χ2n) is 5.37. The predicted octanol–water partition coefficient (Wildman–Crippen LogP) is 5.79. The standard InChI is InChI=1S/C15H9F6N3O2S/c16-11-5-1-4-10(7-11)14-23-24-15(26-14)22-13(25)9-3-2-6-12(8-9)27(17,18,19,20)21/h1-8H,(H,22,24,25). The number of benzene rings is 2. The molecule has 0 atom stereocenters. The Morgan fingerprint density at radius 1 is 0.963 bits per heavy atom. The van der Waals surface area contributed by atoms with Crippen molar-refractivity contribution in [1.29, 1.82) is 0 Å². The fourth-order valence-electron chi connectivity index (χ4n) is 2.06. The normalized spacial score (nSPS) is 14.3. The molecule has 1 N–H and O–H groups in total. The second kappa shape index (κ2) is 5.49. The highest BCUT2D eigenvalue weighted by Crippen LogP contribution is 3.02. The first-order valence-electron chi connectivity index (χ1n) is 7.07. The van der Waals surface area contributed by atoms with Crippen LogP contribution in [0.4, 0.5) is 29.8 Å². The van der Waals surface area contributed by atoms with Gasteiger partial charge in [0.15, 0.2) is 0 Å². The maximum absolute atomic E-state index is 13.2. The van der Waals surface area contributed by atoms with Crippen LogP contribution in [0.2, 0.25) is 0 Å². The molecule has 0 bridgehead atoms. The van der Waals surface area contributed by atoms with E-state index in [0.29, 0.717) is 6.07 Å². The summed E-state index contributed by atoms with van der Waals surface area (Å²) >= 11 is 0. The maximum Gasteiger partial charge on any atom is 0.322 e. The Kier molecular flexibility index (Phi) is 3.81. The summed E-state index contributed by atoms with van der Waals surface area (Å²) in [6, 6.07) is 6.36. The van der Waals surface area contributed by atoms with Gasteiger partial charge >= 0.3 is 16.2 Å². The number of carbonyl (C=O) groups is 1. The number of halogens is 6. The van der Waals surface area contributed by atoms with Crippen LogP contribution < -0.4 is 5.32 Å². The Morgan fingerprint density at radius 2 is 1.67 bits per heavy atom. The van der Waals surface area contributed by atoms with Crippen LogP contribution in [0, 0.1) is 5.82 Å². The highest BCUT2D eigenvalue weighted by Gasteiger charge is 2.65. The first-order valence-corrected chi connectivity index (χ1v) is 9.02. The largest absolute Gasteiger partial charge is 0.403 e. The molecule has 12 heteroatoms. The molecule has 1 amide bonds. The number of carbonyl (C=O) groups excluding carboxylic acids is 1. The van der Waals surface area contributed by atoms with Gasteiger partial charge in [0.1, 0.15) is 10.7 Å². The van der Waals surface area contributed by atoms with Crippen molar-refractivity contribution in [3.05, 3.63) is 59.9 Å². The van der Waals surface area contributed by atoms with Gasteiger partial charge in [-0.05, 0) is 36.4 Å². The minimum Gasteiger partial charge on any atom is -0.403 e. The van der Waals surface area contributed by atoms with Crippen molar-refractivity contribution in [1.82, 2.24) is 10.2 Å². The molecular formula is C15H9F6N3O2S. The highest BCUT2D eigenvalue weighted by molar-refractivity contribution is 8.45. The Bertz CT molecular complexity index is 1040. The molecule has 0 saturated carbocycles. The minimum absolute atomic E-state index is 0.0285. The molecular weight excluding hydrogens is 400 g/mol. The van der Waals surface area contributed by atoms with Crippen molar-refractivity contribution >= 4 is 22.1 Å². The molecule has 0 aliphatic heterocycles. The number of nitrogens with one attached hydrogen (secondary N) is 1. The highest BCUT2D eigenvalue weighted by atomic mass is 32.5. The molecule has 3 rings (SSSR count). The lowest BCUT2D eigenvalue weighted by Crippen LogP contribution is -2.14. The van der Waals surface area contributed by atoms with Crippen molar-refractivity contribution in [3.8, 4) is 11.5 Å². The summed E-state index contributed by atoms with van der Waals surface area (Å²) in [6.45, 7) is 0. The Hall–Kier alpha value is -3.02. The van der Waals surface area contributed by atoms with Crippen molar-refractivity contribution in [2.24, 2.45) is 0 Å². The van der Waals surface area contributed by atoms with E-state index in [2.05, 4.69) is 10.2 Å². The van der Waals surface area contributed by atoms with E-state index in [-0.39, 0.29) is 23.6 Å². The predicted molar refractivity (Wildman–Crippen MR) is 85.5 cm³/mol. The molecule has 5 nitrogen and oxygen atoms in total. The topological polar surface area (TPSA) is 68.0 Å². The molecule has 0 fully saturated rings. The monoisotopic (exact) mass is 409 g/mol. The van der Waals surface area contributed by atoms with E-state index in [9.17, 15) is 28.6 Å². The molecule has 144 valence electrons. The summed E-state index contributed by atoms with van der Waals surface area (Å²) in [5.41, 5.74) is -0.489. The molecule has 2 aromatic carbocycles. The van der Waals surface area contributed by atoms with Crippen molar-refractivity contribution < 1.29 is 33.0 Å². The zero-order chi connectivity index (χ0) is 19.9. The number of rotatable bonds is 4. The van der Waals surface area contributed by atoms with Crippen molar-refractivity contribution in [2.45, 2.75) is 4.90 Å². The van der Waals surface area contributed by atoms with E-state index in [1.807, 2.05) is 5.32 Å². The molecule has 1 aromatic heterocycles. The molecule has 0 spiro atoms. The summed E-state index contributed by atoms with van der Waals surface area (Å²) in [5, 5.41) is 9.01. The van der Waals surface area contributed by atoms with Crippen LogP contribution in [0.5, 0.6) is 0 Å². The Labute approximate surface area is 147 Å². The number of nitrogens with zero attached hydrogens (tertiary/aromatic N) is 2. The summed E-state index contributed by atoms with van der Waals surface area (Å²) in [7, 11) is -9.93. The van der Waals surface area contributed by atoms with E-state index in [1.165, 1.54) is 18.2 Å². The lowest BCUT2D eigenvalue weighted by Gasteiger charge is -2.40. The second-order valence-corrected chi connectivity index (χ2v) is 7.78. The smallest absolute Gasteiger partial charge is 0.322 e. The summed E-state index contributed by atoms with van der Waals surface area (Å²) < 4.78 is 82.4. The average Bonchev–Trinajstić information content (AvgIpc) is 3.01. The van der Waals surface area contributed by atoms with Gasteiger partial charge in [-0.3, -0.25) is 10.1 Å². The number of aromatic nitrogens is 2. The molecule has 0 unspecified atom stereocenters. The zero-order valence-electron chi connectivity index (χ0n) is 13.0. The van der Waals surface area contributed by atoms with Gasteiger partial charge in [0.05, 0.1) is 0 Å². The van der Waals surface area contributed by atoms with Crippen LogP contribution in [0.3, 0.4) is 0 Å². The van der Waals surface area contributed by atoms with Gasteiger partial charge in [-0.2, -0.15) is 0 Å². The summed E-state index contributed by atoms with van der Waals surface area (Å²) in [6.07, 6.45) is 0. The number of hydrogen-bond acceptors (Lipinski definition) is 4. The molecule has 0 saturated heterocycles. The van der Waals surface area contributed by atoms with E-state index >= 15 is 0 Å². The third-order valence-corrected chi connectivity index (χ3v) is 4.40. The quantitative estimate of drug-likeness (QED) is 0.554. The van der Waals surface area contributed by atoms with Gasteiger partial charge in [-0.15, -0.1) is 5.10 Å². The third kappa shape index (κ3) is 4.39. The van der Waals surface area contributed by atoms with Crippen LogP contribution in [0.25, 0.3) is 11.5 Å². The van der Waals surface area contributed by atoms with Gasteiger partial charge in [-0.1, -0.05) is 36.7 Å². The first kappa shape index (κ1) is 18.8. The number of hydrogen-bond donors (Lipinski definition) is 1. The molecule has 3 aromatic rings. The SMILES string of the molecule is O=C(Nc1nnc(-c2cccc(F)c2)o1)c1cccc(S(F)(F)(F)(F)F)c1. The van der Waals surface area contributed by atoms with Crippen LogP contribution in [0.1, 0.15) is 10.4 Å². The Balaban J connectivity index is 1.83. The van der Waals surface area contributed by atoms with Gasteiger partial charge in [0.25, 0.3) is 5.91 Å². The average molecular weight is 409 g/mol. The van der Waals surface area contributed by atoms with Crippen molar-refractivity contribution in [2.75, 3.05) is 5.32 Å². The number of amides is 1. The summed E-state index contributed by atoms with van der Waals surface area (Å²) in [4.78, 5) is 9.80. The first-order chi connectivity index (χ1) is 12.3. The van der Waals surface area contributed by atoms with E-state index in [0.717, 1.165) is 12.1 Å². The lowest BCUT2D eigenvalue weighted by atomic mass is 10.2. The summed E-state index contributed by atoms with van der Waals surface area (Å²) in [5.74, 6) is -1.91. The third-order valence-electron chi connectivity index (χ3n) is 3.26. The van der Waals surface area contributed by atoms with Crippen LogP contribution in [0.15, 0.2) is 57.8 Å². The fourth-order valence-corrected chi connectivity index (χ4v) is 2.74. The molecule has 0 aliphatic carbocycles. The van der Waals surface area contributed by atoms with Crippen molar-refractivity contribution in [3.63, 3.8) is 0 Å². The van der Waals surface area contributed by atoms with Gasteiger partial charge in [0.2, 0.25) is 5.89 Å². The lowest BCUT2D eigenvalue weighted by molar-refractivity contribution is 0.102. The molecule has 1 heterocycles. The van der Waals surface area contributed by atoms with Crippen LogP contribution in [-0.4, -0.2) is 16.1 Å². The van der Waals surface area contributed by atoms with E-state index < -0.39 is 38.4 Å². The van der Waals surface area contributed by atoms with E-state index in [4.69, 9.17) is 4.42 Å².